The van der Waals surface area contributed by atoms with Crippen LogP contribution in [0.15, 0.2) is 30.6 Å². The molecule has 0 amide bonds. The van der Waals surface area contributed by atoms with Crippen LogP contribution in [0.2, 0.25) is 5.02 Å². The lowest BCUT2D eigenvalue weighted by Crippen LogP contribution is -2.10. The molecule has 0 N–H and O–H groups in total. The fraction of sp³-hybridized carbons (Fsp3) is 0.0769. The van der Waals surface area contributed by atoms with E-state index in [1.165, 1.54) is 18.5 Å². The largest absolute Gasteiger partial charge is 0.294 e. The molecule has 0 aliphatic heterocycles. The first kappa shape index (κ1) is 13.5. The molecule has 0 radical (unpaired) electrons. The van der Waals surface area contributed by atoms with Crippen molar-refractivity contribution in [1.29, 1.82) is 0 Å². The van der Waals surface area contributed by atoms with Crippen LogP contribution in [-0.2, 0) is 6.42 Å². The summed E-state index contributed by atoms with van der Waals surface area (Å²) in [5, 5.41) is 0.221. The van der Waals surface area contributed by atoms with E-state index in [-0.39, 0.29) is 11.4 Å². The number of Topliss-reactive ketones (excluding diaryl/α,β-unsaturated/α-hetero) is 1. The summed E-state index contributed by atoms with van der Waals surface area (Å²) in [6.45, 7) is 0. The van der Waals surface area contributed by atoms with Gasteiger partial charge in [-0.1, -0.05) is 11.6 Å². The number of halogens is 4. The van der Waals surface area contributed by atoms with Crippen LogP contribution in [0.5, 0.6) is 0 Å². The van der Waals surface area contributed by atoms with Crippen molar-refractivity contribution < 1.29 is 18.0 Å². The monoisotopic (exact) mass is 285 g/mol. The molecule has 6 heteroatoms. The third-order valence-electron chi connectivity index (χ3n) is 2.49. The lowest BCUT2D eigenvalue weighted by Gasteiger charge is -2.06. The predicted molar refractivity (Wildman–Crippen MR) is 63.6 cm³/mol. The molecule has 0 aliphatic carbocycles. The summed E-state index contributed by atoms with van der Waals surface area (Å²) >= 11 is 5.80. The highest BCUT2D eigenvalue weighted by Crippen LogP contribution is 2.20. The molecule has 1 aromatic carbocycles. The molecule has 2 aromatic rings. The van der Waals surface area contributed by atoms with E-state index >= 15 is 0 Å². The van der Waals surface area contributed by atoms with Crippen molar-refractivity contribution in [2.75, 3.05) is 0 Å². The van der Waals surface area contributed by atoms with E-state index in [1.54, 1.807) is 0 Å². The molecule has 0 saturated heterocycles. The standard InChI is InChI=1S/C13H7ClF3NO/c14-9-6-18-2-1-7(9)3-12(19)13-10(16)4-8(15)5-11(13)17/h1-2,4-6H,3H2. The molecule has 19 heavy (non-hydrogen) atoms. The van der Waals surface area contributed by atoms with Crippen LogP contribution < -0.4 is 0 Å². The maximum absolute atomic E-state index is 13.4. The highest BCUT2D eigenvalue weighted by molar-refractivity contribution is 6.31. The maximum Gasteiger partial charge on any atom is 0.173 e. The zero-order valence-corrected chi connectivity index (χ0v) is 10.2. The fourth-order valence-electron chi connectivity index (χ4n) is 1.62. The fourth-order valence-corrected chi connectivity index (χ4v) is 1.80. The summed E-state index contributed by atoms with van der Waals surface area (Å²) in [7, 11) is 0. The molecule has 0 aliphatic rings. The summed E-state index contributed by atoms with van der Waals surface area (Å²) in [5.41, 5.74) is -0.376. The number of ketones is 1. The van der Waals surface area contributed by atoms with Crippen molar-refractivity contribution in [2.45, 2.75) is 6.42 Å². The minimum atomic E-state index is -1.23. The van der Waals surface area contributed by atoms with Crippen LogP contribution in [0, 0.1) is 17.5 Å². The molecular weight excluding hydrogens is 279 g/mol. The van der Waals surface area contributed by atoms with Gasteiger partial charge in [-0.05, 0) is 11.6 Å². The molecule has 98 valence electrons. The summed E-state index contributed by atoms with van der Waals surface area (Å²) in [6, 6.07) is 2.40. The first-order valence-electron chi connectivity index (χ1n) is 5.25. The Balaban J connectivity index is 2.34. The topological polar surface area (TPSA) is 30.0 Å². The van der Waals surface area contributed by atoms with E-state index < -0.39 is 28.8 Å². The first-order valence-corrected chi connectivity index (χ1v) is 5.63. The molecule has 0 fully saturated rings. The second kappa shape index (κ2) is 5.40. The Morgan fingerprint density at radius 2 is 1.84 bits per heavy atom. The van der Waals surface area contributed by atoms with Crippen molar-refractivity contribution in [3.63, 3.8) is 0 Å². The van der Waals surface area contributed by atoms with E-state index in [0.29, 0.717) is 17.7 Å². The third kappa shape index (κ3) is 2.93. The Morgan fingerprint density at radius 3 is 2.42 bits per heavy atom. The maximum atomic E-state index is 13.4. The predicted octanol–water partition coefficient (Wildman–Crippen LogP) is 3.58. The van der Waals surface area contributed by atoms with Gasteiger partial charge in [0.05, 0.1) is 10.6 Å². The number of aromatic nitrogens is 1. The van der Waals surface area contributed by atoms with E-state index in [9.17, 15) is 18.0 Å². The first-order chi connectivity index (χ1) is 8.99. The SMILES string of the molecule is O=C(Cc1ccncc1Cl)c1c(F)cc(F)cc1F. The minimum absolute atomic E-state index is 0.221. The van der Waals surface area contributed by atoms with Gasteiger partial charge in [0.25, 0.3) is 0 Å². The van der Waals surface area contributed by atoms with Crippen molar-refractivity contribution >= 4 is 17.4 Å². The van der Waals surface area contributed by atoms with Crippen LogP contribution in [0.3, 0.4) is 0 Å². The van der Waals surface area contributed by atoms with Crippen molar-refractivity contribution in [3.05, 3.63) is 64.2 Å². The second-order valence-corrected chi connectivity index (χ2v) is 4.22. The lowest BCUT2D eigenvalue weighted by molar-refractivity contribution is 0.0984. The number of benzene rings is 1. The quantitative estimate of drug-likeness (QED) is 0.807. The molecule has 2 rings (SSSR count). The van der Waals surface area contributed by atoms with Gasteiger partial charge < -0.3 is 0 Å². The second-order valence-electron chi connectivity index (χ2n) is 3.81. The summed E-state index contributed by atoms with van der Waals surface area (Å²) < 4.78 is 39.6. The number of hydrogen-bond acceptors (Lipinski definition) is 2. The molecule has 1 aromatic heterocycles. The van der Waals surface area contributed by atoms with Crippen molar-refractivity contribution in [1.82, 2.24) is 4.98 Å². The lowest BCUT2D eigenvalue weighted by atomic mass is 10.0. The highest BCUT2D eigenvalue weighted by atomic mass is 35.5. The normalized spacial score (nSPS) is 10.5. The van der Waals surface area contributed by atoms with Gasteiger partial charge in [0.2, 0.25) is 0 Å². The smallest absolute Gasteiger partial charge is 0.173 e. The molecule has 0 bridgehead atoms. The number of carbonyl (C=O) groups excluding carboxylic acids is 1. The molecule has 0 atom stereocenters. The molecule has 0 spiro atoms. The Hall–Kier alpha value is -1.88. The molecule has 1 heterocycles. The number of rotatable bonds is 3. The molecule has 0 unspecified atom stereocenters. The van der Waals surface area contributed by atoms with Crippen LogP contribution in [0.4, 0.5) is 13.2 Å². The summed E-state index contributed by atoms with van der Waals surface area (Å²) in [5.74, 6) is -4.35. The number of carbonyl (C=O) groups is 1. The Labute approximate surface area is 111 Å². The summed E-state index contributed by atoms with van der Waals surface area (Å²) in [4.78, 5) is 15.6. The van der Waals surface area contributed by atoms with Gasteiger partial charge in [-0.25, -0.2) is 13.2 Å². The zero-order chi connectivity index (χ0) is 14.0. The van der Waals surface area contributed by atoms with E-state index in [2.05, 4.69) is 4.98 Å². The van der Waals surface area contributed by atoms with Gasteiger partial charge in [-0.2, -0.15) is 0 Å². The Bertz CT molecular complexity index is 623. The Kier molecular flexibility index (Phi) is 3.85. The number of pyridine rings is 1. The Morgan fingerprint density at radius 1 is 1.21 bits per heavy atom. The van der Waals surface area contributed by atoms with Crippen molar-refractivity contribution in [3.8, 4) is 0 Å². The van der Waals surface area contributed by atoms with E-state index in [0.717, 1.165) is 0 Å². The van der Waals surface area contributed by atoms with Crippen LogP contribution >= 0.6 is 11.6 Å². The van der Waals surface area contributed by atoms with Gasteiger partial charge in [-0.15, -0.1) is 0 Å². The van der Waals surface area contributed by atoms with Gasteiger partial charge in [0, 0.05) is 30.9 Å². The number of nitrogens with zero attached hydrogens (tertiary/aromatic N) is 1. The number of hydrogen-bond donors (Lipinski definition) is 0. The average molecular weight is 286 g/mol. The van der Waals surface area contributed by atoms with E-state index in [1.807, 2.05) is 0 Å². The summed E-state index contributed by atoms with van der Waals surface area (Å²) in [6.07, 6.45) is 2.44. The van der Waals surface area contributed by atoms with Crippen LogP contribution in [0.25, 0.3) is 0 Å². The van der Waals surface area contributed by atoms with Gasteiger partial charge >= 0.3 is 0 Å². The van der Waals surface area contributed by atoms with Crippen molar-refractivity contribution in [2.24, 2.45) is 0 Å². The molecule has 2 nitrogen and oxygen atoms in total. The minimum Gasteiger partial charge on any atom is -0.294 e. The zero-order valence-electron chi connectivity index (χ0n) is 9.46. The van der Waals surface area contributed by atoms with Gasteiger partial charge in [-0.3, -0.25) is 9.78 Å². The molecule has 0 saturated carbocycles. The highest BCUT2D eigenvalue weighted by Gasteiger charge is 2.19. The van der Waals surface area contributed by atoms with E-state index in [4.69, 9.17) is 11.6 Å². The average Bonchev–Trinajstić information content (AvgIpc) is 2.30. The van der Waals surface area contributed by atoms with Gasteiger partial charge in [0.1, 0.15) is 17.5 Å². The van der Waals surface area contributed by atoms with Crippen LogP contribution in [0.1, 0.15) is 15.9 Å². The van der Waals surface area contributed by atoms with Gasteiger partial charge in [0.15, 0.2) is 5.78 Å². The third-order valence-corrected chi connectivity index (χ3v) is 2.83. The van der Waals surface area contributed by atoms with Crippen LogP contribution in [-0.4, -0.2) is 10.8 Å². The molecular formula is C13H7ClF3NO.